The van der Waals surface area contributed by atoms with Crippen LogP contribution in [0.3, 0.4) is 0 Å². The summed E-state index contributed by atoms with van der Waals surface area (Å²) >= 11 is 0. The highest BCUT2D eigenvalue weighted by atomic mass is 31.2. The van der Waals surface area contributed by atoms with E-state index in [1.54, 1.807) is 6.08 Å². The molecule has 0 fully saturated rings. The van der Waals surface area contributed by atoms with Crippen LogP contribution in [0.5, 0.6) is 0 Å². The Morgan fingerprint density at radius 3 is 1.33 bits per heavy atom. The molecule has 0 aromatic rings. The molecule has 2 N–H and O–H groups in total. The first-order chi connectivity index (χ1) is 29.5. The number of phosphoric acid groups is 1. The van der Waals surface area contributed by atoms with Crippen molar-refractivity contribution in [3.8, 4) is 0 Å². The molecule has 61 heavy (non-hydrogen) atoms. The minimum absolute atomic E-state index is 0.0106. The molecular weight excluding hydrogens is 780 g/mol. The first kappa shape index (κ1) is 59.5. The van der Waals surface area contributed by atoms with Crippen molar-refractivity contribution >= 4 is 13.7 Å². The monoisotopic (exact) mass is 879 g/mol. The third-order valence-electron chi connectivity index (χ3n) is 11.2. The molecule has 0 radical (unpaired) electrons. The van der Waals surface area contributed by atoms with Crippen LogP contribution in [0.1, 0.15) is 226 Å². The summed E-state index contributed by atoms with van der Waals surface area (Å²) in [6, 6.07) is -0.912. The SMILES string of the molecule is CCCCCCCC/C=C/CC/C=C/CC/C=C/C(O)C(COP(=O)([O-])OCC[N+](C)(C)C)NC(=O)CCCCCCCCC/C=C\CCCCCCCCCCCCCC. The number of nitrogens with zero attached hydrogens (tertiary/aromatic N) is 1. The summed E-state index contributed by atoms with van der Waals surface area (Å²) in [6.07, 6.45) is 56.0. The average molecular weight is 879 g/mol. The lowest BCUT2D eigenvalue weighted by molar-refractivity contribution is -0.870. The topological polar surface area (TPSA) is 108 Å². The second-order valence-corrected chi connectivity index (χ2v) is 19.9. The fourth-order valence-electron chi connectivity index (χ4n) is 7.18. The van der Waals surface area contributed by atoms with E-state index in [1.165, 1.54) is 161 Å². The number of hydrogen-bond acceptors (Lipinski definition) is 6. The number of likely N-dealkylation sites (N-methyl/N-ethyl adjacent to an activating group) is 1. The number of unbranched alkanes of at least 4 members (excludes halogenated alkanes) is 27. The van der Waals surface area contributed by atoms with Crippen LogP contribution in [-0.4, -0.2) is 68.5 Å². The highest BCUT2D eigenvalue weighted by molar-refractivity contribution is 7.45. The lowest BCUT2D eigenvalue weighted by Gasteiger charge is -2.29. The predicted octanol–water partition coefficient (Wildman–Crippen LogP) is 14.2. The Morgan fingerprint density at radius 1 is 0.557 bits per heavy atom. The van der Waals surface area contributed by atoms with Gasteiger partial charge >= 0.3 is 0 Å². The summed E-state index contributed by atoms with van der Waals surface area (Å²) < 4.78 is 23.2. The fraction of sp³-hybridized carbons (Fsp3) is 0.827. The molecular formula is C52H99N2O6P. The fourth-order valence-corrected chi connectivity index (χ4v) is 7.90. The summed E-state index contributed by atoms with van der Waals surface area (Å²) in [4.78, 5) is 25.4. The van der Waals surface area contributed by atoms with Crippen LogP contribution in [0.2, 0.25) is 0 Å². The number of amides is 1. The summed E-state index contributed by atoms with van der Waals surface area (Å²) in [7, 11) is 1.23. The maximum absolute atomic E-state index is 12.9. The number of hydrogen-bond donors (Lipinski definition) is 2. The van der Waals surface area contributed by atoms with Crippen LogP contribution in [0.15, 0.2) is 48.6 Å². The van der Waals surface area contributed by atoms with Crippen molar-refractivity contribution in [1.82, 2.24) is 5.32 Å². The third-order valence-corrected chi connectivity index (χ3v) is 12.2. The van der Waals surface area contributed by atoms with Gasteiger partial charge in [0.05, 0.1) is 39.9 Å². The van der Waals surface area contributed by atoms with Gasteiger partial charge in [-0.3, -0.25) is 9.36 Å². The Labute approximate surface area is 378 Å². The number of carbonyl (C=O) groups is 1. The molecule has 0 aliphatic carbocycles. The Kier molecular flexibility index (Phi) is 42.6. The minimum atomic E-state index is -4.60. The van der Waals surface area contributed by atoms with E-state index in [9.17, 15) is 19.4 Å². The van der Waals surface area contributed by atoms with E-state index >= 15 is 0 Å². The van der Waals surface area contributed by atoms with E-state index < -0.39 is 26.6 Å². The molecule has 358 valence electrons. The van der Waals surface area contributed by atoms with Gasteiger partial charge in [-0.2, -0.15) is 0 Å². The van der Waals surface area contributed by atoms with Gasteiger partial charge in [-0.1, -0.05) is 197 Å². The minimum Gasteiger partial charge on any atom is -0.756 e. The van der Waals surface area contributed by atoms with Crippen LogP contribution in [0.25, 0.3) is 0 Å². The van der Waals surface area contributed by atoms with Crippen molar-refractivity contribution < 1.29 is 32.9 Å². The molecule has 0 heterocycles. The molecule has 0 aliphatic rings. The molecule has 0 aromatic heterocycles. The Balaban J connectivity index is 4.34. The first-order valence-electron chi connectivity index (χ1n) is 25.5. The molecule has 0 bridgehead atoms. The van der Waals surface area contributed by atoms with Crippen molar-refractivity contribution in [2.75, 3.05) is 40.9 Å². The Morgan fingerprint density at radius 2 is 0.918 bits per heavy atom. The average Bonchev–Trinajstić information content (AvgIpc) is 3.21. The summed E-state index contributed by atoms with van der Waals surface area (Å²) in [5, 5.41) is 13.8. The van der Waals surface area contributed by atoms with E-state index in [4.69, 9.17) is 9.05 Å². The molecule has 3 atom stereocenters. The number of allylic oxidation sites excluding steroid dienone is 7. The van der Waals surface area contributed by atoms with E-state index in [0.29, 0.717) is 17.4 Å². The lowest BCUT2D eigenvalue weighted by Crippen LogP contribution is -2.45. The molecule has 9 heteroatoms. The normalized spacial score (nSPS) is 14.5. The summed E-state index contributed by atoms with van der Waals surface area (Å²) in [5.41, 5.74) is 0. The Bertz CT molecular complexity index is 1130. The predicted molar refractivity (Wildman–Crippen MR) is 261 cm³/mol. The number of nitrogens with one attached hydrogen (secondary N) is 1. The zero-order chi connectivity index (χ0) is 45.0. The zero-order valence-corrected chi connectivity index (χ0v) is 41.5. The molecule has 0 aliphatic heterocycles. The largest absolute Gasteiger partial charge is 0.756 e. The van der Waals surface area contributed by atoms with Crippen LogP contribution < -0.4 is 10.2 Å². The van der Waals surface area contributed by atoms with Crippen LogP contribution in [0, 0.1) is 0 Å². The zero-order valence-electron chi connectivity index (χ0n) is 40.6. The van der Waals surface area contributed by atoms with Gasteiger partial charge < -0.3 is 28.8 Å². The highest BCUT2D eigenvalue weighted by Gasteiger charge is 2.23. The van der Waals surface area contributed by atoms with E-state index in [0.717, 1.165) is 44.9 Å². The Hall–Kier alpha value is -1.54. The number of quaternary nitrogens is 1. The number of phosphoric ester groups is 1. The van der Waals surface area contributed by atoms with E-state index in [2.05, 4.69) is 55.6 Å². The van der Waals surface area contributed by atoms with Crippen LogP contribution in [0.4, 0.5) is 0 Å². The number of aliphatic hydroxyl groups excluding tert-OH is 1. The van der Waals surface area contributed by atoms with Gasteiger partial charge in [0.15, 0.2) is 0 Å². The van der Waals surface area contributed by atoms with Crippen molar-refractivity contribution in [3.05, 3.63) is 48.6 Å². The van der Waals surface area contributed by atoms with E-state index in [1.807, 2.05) is 27.2 Å². The smallest absolute Gasteiger partial charge is 0.268 e. The van der Waals surface area contributed by atoms with Crippen molar-refractivity contribution in [1.29, 1.82) is 0 Å². The molecule has 1 amide bonds. The number of rotatable bonds is 46. The maximum atomic E-state index is 12.9. The quantitative estimate of drug-likeness (QED) is 0.0273. The van der Waals surface area contributed by atoms with Gasteiger partial charge in [0.25, 0.3) is 7.82 Å². The van der Waals surface area contributed by atoms with Gasteiger partial charge in [0.1, 0.15) is 13.2 Å². The maximum Gasteiger partial charge on any atom is 0.268 e. The van der Waals surface area contributed by atoms with Gasteiger partial charge in [-0.15, -0.1) is 0 Å². The highest BCUT2D eigenvalue weighted by Crippen LogP contribution is 2.38. The molecule has 0 rings (SSSR count). The van der Waals surface area contributed by atoms with Crippen LogP contribution in [-0.2, 0) is 18.4 Å². The van der Waals surface area contributed by atoms with Crippen molar-refractivity contribution in [2.45, 2.75) is 238 Å². The van der Waals surface area contributed by atoms with Gasteiger partial charge in [0.2, 0.25) is 5.91 Å². The molecule has 8 nitrogen and oxygen atoms in total. The second-order valence-electron chi connectivity index (χ2n) is 18.5. The van der Waals surface area contributed by atoms with Gasteiger partial charge in [-0.25, -0.2) is 0 Å². The van der Waals surface area contributed by atoms with Crippen LogP contribution >= 0.6 is 7.82 Å². The third kappa shape index (κ3) is 46.3. The molecule has 0 spiro atoms. The molecule has 0 saturated carbocycles. The summed E-state index contributed by atoms with van der Waals surface area (Å²) in [5.74, 6) is -0.216. The first-order valence-corrected chi connectivity index (χ1v) is 27.0. The number of carbonyl (C=O) groups excluding carboxylic acids is 1. The van der Waals surface area contributed by atoms with E-state index in [-0.39, 0.29) is 12.5 Å². The standard InChI is InChI=1S/C52H99N2O6P/c1-6-8-10-12-14-16-18-20-22-24-25-26-27-28-29-30-32-34-36-38-40-42-44-46-52(56)53-50(49-60-61(57,58)59-48-47-54(3,4)5)51(55)45-43-41-39-37-35-33-31-23-21-19-17-15-13-11-9-7-2/h21,23,28-29,35,37,43,45,50-51,55H,6-20,22,24-27,30-34,36,38-42,44,46-49H2,1-5H3,(H-,53,56,57,58)/b23-21+,29-28-,37-35+,45-43+. The van der Waals surface area contributed by atoms with Crippen molar-refractivity contribution in [3.63, 3.8) is 0 Å². The summed E-state index contributed by atoms with van der Waals surface area (Å²) in [6.45, 7) is 4.61. The lowest BCUT2D eigenvalue weighted by atomic mass is 10.0. The second kappa shape index (κ2) is 43.7. The van der Waals surface area contributed by atoms with Crippen molar-refractivity contribution in [2.24, 2.45) is 0 Å². The van der Waals surface area contributed by atoms with Gasteiger partial charge in [-0.05, 0) is 70.6 Å². The number of aliphatic hydroxyl groups is 1. The van der Waals surface area contributed by atoms with Gasteiger partial charge in [0, 0.05) is 6.42 Å². The molecule has 3 unspecified atom stereocenters. The molecule has 0 aromatic carbocycles. The molecule has 0 saturated heterocycles.